The Hall–Kier alpha value is -2.33. The van der Waals surface area contributed by atoms with Gasteiger partial charge in [-0.15, -0.1) is 0 Å². The summed E-state index contributed by atoms with van der Waals surface area (Å²) in [7, 11) is 0. The van der Waals surface area contributed by atoms with Crippen LogP contribution >= 0.6 is 11.6 Å². The number of hydrogen-bond donors (Lipinski definition) is 0. The van der Waals surface area contributed by atoms with Crippen LogP contribution in [0.5, 0.6) is 5.75 Å². The van der Waals surface area contributed by atoms with Crippen molar-refractivity contribution in [1.82, 2.24) is 4.90 Å². The van der Waals surface area contributed by atoms with Crippen LogP contribution in [0.1, 0.15) is 12.0 Å². The number of likely N-dealkylation sites (tertiary alicyclic amines) is 1. The molecule has 4 nitrogen and oxygen atoms in total. The highest BCUT2D eigenvalue weighted by Gasteiger charge is 2.35. The van der Waals surface area contributed by atoms with Gasteiger partial charge in [-0.1, -0.05) is 48.0 Å². The van der Waals surface area contributed by atoms with Crippen molar-refractivity contribution in [2.75, 3.05) is 6.54 Å². The molecule has 0 unspecified atom stereocenters. The lowest BCUT2D eigenvalue weighted by Crippen LogP contribution is -2.27. The zero-order chi connectivity index (χ0) is 16.2. The number of halogens is 1. The number of nitrogens with zero attached hydrogens (tertiary/aromatic N) is 1. The predicted octanol–water partition coefficient (Wildman–Crippen LogP) is 3.29. The molecule has 0 saturated carbocycles. The minimum Gasteiger partial charge on any atom is -0.426 e. The van der Waals surface area contributed by atoms with Crippen molar-refractivity contribution in [2.45, 2.75) is 13.0 Å². The Labute approximate surface area is 139 Å². The molecule has 0 bridgehead atoms. The Morgan fingerprint density at radius 1 is 1.13 bits per heavy atom. The molecule has 1 saturated heterocycles. The van der Waals surface area contributed by atoms with E-state index in [1.165, 1.54) is 0 Å². The second-order valence-electron chi connectivity index (χ2n) is 5.50. The number of rotatable bonds is 4. The Morgan fingerprint density at radius 3 is 2.57 bits per heavy atom. The number of hydrogen-bond acceptors (Lipinski definition) is 3. The normalized spacial score (nSPS) is 17.3. The minimum absolute atomic E-state index is 0.0556. The van der Waals surface area contributed by atoms with Gasteiger partial charge in [0.1, 0.15) is 5.75 Å². The number of para-hydroxylation sites is 1. The molecule has 5 heteroatoms. The smallest absolute Gasteiger partial charge is 0.316 e. The highest BCUT2D eigenvalue weighted by atomic mass is 35.5. The third kappa shape index (κ3) is 3.71. The molecule has 0 N–H and O–H groups in total. The van der Waals surface area contributed by atoms with Crippen LogP contribution in [0.4, 0.5) is 0 Å². The van der Waals surface area contributed by atoms with Crippen LogP contribution in [0.25, 0.3) is 0 Å². The van der Waals surface area contributed by atoms with Crippen molar-refractivity contribution in [3.05, 3.63) is 65.2 Å². The summed E-state index contributed by atoms with van der Waals surface area (Å²) < 4.78 is 5.33. The van der Waals surface area contributed by atoms with Gasteiger partial charge in [0, 0.05) is 24.5 Å². The Morgan fingerprint density at radius 2 is 1.83 bits per heavy atom. The number of carbonyl (C=O) groups is 2. The van der Waals surface area contributed by atoms with Gasteiger partial charge in [-0.3, -0.25) is 9.59 Å². The highest BCUT2D eigenvalue weighted by molar-refractivity contribution is 6.31. The van der Waals surface area contributed by atoms with Crippen LogP contribution in [0, 0.1) is 5.92 Å². The Bertz CT molecular complexity index is 717. The first kappa shape index (κ1) is 15.6. The maximum Gasteiger partial charge on any atom is 0.316 e. The third-order valence-corrected chi connectivity index (χ3v) is 4.20. The molecule has 1 amide bonds. The first-order valence-electron chi connectivity index (χ1n) is 7.41. The second-order valence-corrected chi connectivity index (χ2v) is 5.91. The van der Waals surface area contributed by atoms with E-state index in [1.807, 2.05) is 24.3 Å². The van der Waals surface area contributed by atoms with Gasteiger partial charge in [0.25, 0.3) is 0 Å². The molecule has 2 aromatic carbocycles. The van der Waals surface area contributed by atoms with E-state index in [0.29, 0.717) is 23.9 Å². The van der Waals surface area contributed by atoms with Crippen LogP contribution in [0.3, 0.4) is 0 Å². The van der Waals surface area contributed by atoms with E-state index < -0.39 is 5.92 Å². The topological polar surface area (TPSA) is 46.6 Å². The molecule has 0 radical (unpaired) electrons. The molecule has 0 spiro atoms. The first-order valence-corrected chi connectivity index (χ1v) is 7.79. The summed E-state index contributed by atoms with van der Waals surface area (Å²) in [5, 5.41) is 0.621. The first-order chi connectivity index (χ1) is 11.1. The van der Waals surface area contributed by atoms with E-state index in [0.717, 1.165) is 5.56 Å². The van der Waals surface area contributed by atoms with Crippen molar-refractivity contribution in [3.8, 4) is 5.75 Å². The summed E-state index contributed by atoms with van der Waals surface area (Å²) in [6.45, 7) is 0.767. The van der Waals surface area contributed by atoms with Gasteiger partial charge in [0.15, 0.2) is 0 Å². The number of benzene rings is 2. The van der Waals surface area contributed by atoms with Crippen LogP contribution in [0.2, 0.25) is 5.02 Å². The van der Waals surface area contributed by atoms with Gasteiger partial charge < -0.3 is 9.64 Å². The Balaban J connectivity index is 1.63. The maximum atomic E-state index is 12.2. The summed E-state index contributed by atoms with van der Waals surface area (Å²) in [5.74, 6) is -0.370. The molecule has 1 atom stereocenters. The van der Waals surface area contributed by atoms with Crippen LogP contribution in [-0.2, 0) is 16.1 Å². The molecule has 1 aliphatic heterocycles. The molecular formula is C18H16ClNO3. The van der Waals surface area contributed by atoms with Crippen molar-refractivity contribution < 1.29 is 14.3 Å². The van der Waals surface area contributed by atoms with Crippen LogP contribution in [0.15, 0.2) is 54.6 Å². The van der Waals surface area contributed by atoms with Crippen LogP contribution < -0.4 is 4.74 Å². The molecule has 1 fully saturated rings. The highest BCUT2D eigenvalue weighted by Crippen LogP contribution is 2.25. The monoisotopic (exact) mass is 329 g/mol. The summed E-state index contributed by atoms with van der Waals surface area (Å²) in [5.41, 5.74) is 0.875. The fraction of sp³-hybridized carbons (Fsp3) is 0.222. The number of ether oxygens (including phenoxy) is 1. The SMILES string of the molecule is O=C(Oc1ccccc1)[C@@H]1CC(=O)N(Cc2ccccc2Cl)C1. The number of esters is 1. The molecule has 1 aliphatic rings. The molecule has 1 heterocycles. The summed E-state index contributed by atoms with van der Waals surface area (Å²) in [6.07, 6.45) is 0.177. The Kier molecular flexibility index (Phi) is 4.63. The second kappa shape index (κ2) is 6.84. The van der Waals surface area contributed by atoms with E-state index in [2.05, 4.69) is 0 Å². The lowest BCUT2D eigenvalue weighted by Gasteiger charge is -2.17. The van der Waals surface area contributed by atoms with Crippen molar-refractivity contribution in [1.29, 1.82) is 0 Å². The lowest BCUT2D eigenvalue weighted by molar-refractivity contribution is -0.139. The average molecular weight is 330 g/mol. The van der Waals surface area contributed by atoms with Crippen molar-refractivity contribution in [2.24, 2.45) is 5.92 Å². The number of amides is 1. The standard InChI is InChI=1S/C18H16ClNO3/c19-16-9-5-4-6-13(16)11-20-12-14(10-17(20)21)18(22)23-15-7-2-1-3-8-15/h1-9,14H,10-12H2/t14-/m1/s1. The zero-order valence-electron chi connectivity index (χ0n) is 12.4. The van der Waals surface area contributed by atoms with E-state index in [9.17, 15) is 9.59 Å². The minimum atomic E-state index is -0.440. The average Bonchev–Trinajstić information content (AvgIpc) is 2.92. The van der Waals surface area contributed by atoms with Gasteiger partial charge >= 0.3 is 5.97 Å². The molecule has 3 rings (SSSR count). The molecule has 0 aliphatic carbocycles. The molecule has 2 aromatic rings. The third-order valence-electron chi connectivity index (χ3n) is 3.83. The van der Waals surface area contributed by atoms with E-state index >= 15 is 0 Å². The van der Waals surface area contributed by atoms with E-state index in [-0.39, 0.29) is 18.3 Å². The summed E-state index contributed by atoms with van der Waals surface area (Å²) in [6, 6.07) is 16.3. The fourth-order valence-corrected chi connectivity index (χ4v) is 2.80. The van der Waals surface area contributed by atoms with Gasteiger partial charge in [-0.05, 0) is 23.8 Å². The number of carbonyl (C=O) groups excluding carboxylic acids is 2. The molecule has 23 heavy (non-hydrogen) atoms. The van der Waals surface area contributed by atoms with Crippen molar-refractivity contribution >= 4 is 23.5 Å². The lowest BCUT2D eigenvalue weighted by atomic mass is 10.1. The molecule has 118 valence electrons. The van der Waals surface area contributed by atoms with E-state index in [1.54, 1.807) is 35.2 Å². The summed E-state index contributed by atoms with van der Waals surface area (Å²) >= 11 is 6.13. The fourth-order valence-electron chi connectivity index (χ4n) is 2.60. The molecule has 0 aromatic heterocycles. The van der Waals surface area contributed by atoms with Gasteiger partial charge in [-0.25, -0.2) is 0 Å². The molecular weight excluding hydrogens is 314 g/mol. The largest absolute Gasteiger partial charge is 0.426 e. The zero-order valence-corrected chi connectivity index (χ0v) is 13.2. The summed E-state index contributed by atoms with van der Waals surface area (Å²) in [4.78, 5) is 26.0. The van der Waals surface area contributed by atoms with Crippen molar-refractivity contribution in [3.63, 3.8) is 0 Å². The van der Waals surface area contributed by atoms with Gasteiger partial charge in [-0.2, -0.15) is 0 Å². The van der Waals surface area contributed by atoms with Gasteiger partial charge in [0.05, 0.1) is 5.92 Å². The van der Waals surface area contributed by atoms with E-state index in [4.69, 9.17) is 16.3 Å². The quantitative estimate of drug-likeness (QED) is 0.638. The maximum absolute atomic E-state index is 12.2. The predicted molar refractivity (Wildman–Crippen MR) is 87.1 cm³/mol. The van der Waals surface area contributed by atoms with Crippen LogP contribution in [-0.4, -0.2) is 23.3 Å². The van der Waals surface area contributed by atoms with Gasteiger partial charge in [0.2, 0.25) is 5.91 Å².